The minimum Gasteiger partial charge on any atom is -0.414 e. The molecule has 1 saturated carbocycles. The van der Waals surface area contributed by atoms with Crippen LogP contribution in [0.15, 0.2) is 18.2 Å². The van der Waals surface area contributed by atoms with Gasteiger partial charge in [0.1, 0.15) is 5.75 Å². The first-order valence-corrected chi connectivity index (χ1v) is 12.7. The molecule has 0 N–H and O–H groups in total. The number of hydrogen-bond donors (Lipinski definition) is 0. The Morgan fingerprint density at radius 2 is 1.63 bits per heavy atom. The highest BCUT2D eigenvalue weighted by Gasteiger charge is 2.39. The molecule has 0 unspecified atom stereocenters. The summed E-state index contributed by atoms with van der Waals surface area (Å²) in [6.45, 7) is 13.0. The monoisotopic (exact) mass is 402 g/mol. The third-order valence-electron chi connectivity index (χ3n) is 6.05. The lowest BCUT2D eigenvalue weighted by Gasteiger charge is -2.41. The predicted octanol–water partition coefficient (Wildman–Crippen LogP) is 7.02. The van der Waals surface area contributed by atoms with Gasteiger partial charge >= 0.3 is 6.36 Å². The molecule has 0 radical (unpaired) electrons. The van der Waals surface area contributed by atoms with Crippen LogP contribution >= 0.6 is 0 Å². The standard InChI is InChI=1S/C21H33F3O2Si/c1-15-13-17(9-12-19(15)25-21(22,23)24)14-16-7-10-18(11-8-16)26-27(5,6)20(2,3)4/h9,12-13,16,18H,7-8,10-11,14H2,1-6H3. The third kappa shape index (κ3) is 6.52. The van der Waals surface area contributed by atoms with E-state index in [9.17, 15) is 13.2 Å². The Hall–Kier alpha value is -1.01. The van der Waals surface area contributed by atoms with Crippen molar-refractivity contribution in [3.05, 3.63) is 29.3 Å². The van der Waals surface area contributed by atoms with Crippen LogP contribution in [0.5, 0.6) is 5.75 Å². The van der Waals surface area contributed by atoms with Gasteiger partial charge in [-0.05, 0) is 80.3 Å². The molecule has 0 saturated heterocycles. The van der Waals surface area contributed by atoms with Crippen molar-refractivity contribution in [2.75, 3.05) is 0 Å². The highest BCUT2D eigenvalue weighted by molar-refractivity contribution is 6.74. The van der Waals surface area contributed by atoms with Crippen LogP contribution in [-0.4, -0.2) is 20.8 Å². The van der Waals surface area contributed by atoms with Gasteiger partial charge in [-0.2, -0.15) is 0 Å². The van der Waals surface area contributed by atoms with Gasteiger partial charge in [-0.1, -0.05) is 32.9 Å². The smallest absolute Gasteiger partial charge is 0.414 e. The van der Waals surface area contributed by atoms with Gasteiger partial charge in [0.15, 0.2) is 8.32 Å². The van der Waals surface area contributed by atoms with E-state index in [2.05, 4.69) is 38.6 Å². The SMILES string of the molecule is Cc1cc(CC2CCC(O[Si](C)(C)C(C)(C)C)CC2)ccc1OC(F)(F)F. The van der Waals surface area contributed by atoms with Crippen molar-refractivity contribution < 1.29 is 22.3 Å². The molecular formula is C21H33F3O2Si. The second kappa shape index (κ2) is 8.16. The summed E-state index contributed by atoms with van der Waals surface area (Å²) in [7, 11) is -1.73. The summed E-state index contributed by atoms with van der Waals surface area (Å²) >= 11 is 0. The average molecular weight is 403 g/mol. The number of halogens is 3. The van der Waals surface area contributed by atoms with Crippen molar-refractivity contribution in [1.82, 2.24) is 0 Å². The van der Waals surface area contributed by atoms with E-state index in [4.69, 9.17) is 4.43 Å². The fourth-order valence-corrected chi connectivity index (χ4v) is 4.88. The van der Waals surface area contributed by atoms with E-state index in [0.717, 1.165) is 37.7 Å². The average Bonchev–Trinajstić information content (AvgIpc) is 2.49. The largest absolute Gasteiger partial charge is 0.573 e. The van der Waals surface area contributed by atoms with Crippen molar-refractivity contribution in [3.8, 4) is 5.75 Å². The van der Waals surface area contributed by atoms with Crippen molar-refractivity contribution in [2.45, 2.75) is 90.4 Å². The van der Waals surface area contributed by atoms with Crippen LogP contribution in [0.3, 0.4) is 0 Å². The van der Waals surface area contributed by atoms with E-state index in [0.29, 0.717) is 17.6 Å². The third-order valence-corrected chi connectivity index (χ3v) is 10.6. The zero-order valence-electron chi connectivity index (χ0n) is 17.4. The lowest BCUT2D eigenvalue weighted by Crippen LogP contribution is -2.44. The lowest BCUT2D eigenvalue weighted by molar-refractivity contribution is -0.274. The van der Waals surface area contributed by atoms with Gasteiger partial charge in [-0.15, -0.1) is 13.2 Å². The molecule has 1 aliphatic rings. The molecule has 1 aliphatic carbocycles. The Morgan fingerprint density at radius 3 is 2.11 bits per heavy atom. The summed E-state index contributed by atoms with van der Waals surface area (Å²) in [6.07, 6.45) is 0.982. The maximum absolute atomic E-state index is 12.4. The van der Waals surface area contributed by atoms with Crippen LogP contribution in [-0.2, 0) is 10.8 Å². The fraction of sp³-hybridized carbons (Fsp3) is 0.714. The number of aryl methyl sites for hydroxylation is 1. The zero-order chi connectivity index (χ0) is 20.5. The topological polar surface area (TPSA) is 18.5 Å². The van der Waals surface area contributed by atoms with Crippen LogP contribution < -0.4 is 4.74 Å². The van der Waals surface area contributed by atoms with Crippen LogP contribution in [0.25, 0.3) is 0 Å². The molecule has 1 aromatic rings. The molecule has 0 heterocycles. The minimum atomic E-state index is -4.64. The molecule has 1 fully saturated rings. The van der Waals surface area contributed by atoms with E-state index in [1.54, 1.807) is 13.0 Å². The van der Waals surface area contributed by atoms with Crippen molar-refractivity contribution in [3.63, 3.8) is 0 Å². The van der Waals surface area contributed by atoms with E-state index in [1.165, 1.54) is 6.07 Å². The van der Waals surface area contributed by atoms with Crippen LogP contribution in [0.2, 0.25) is 18.1 Å². The van der Waals surface area contributed by atoms with Crippen LogP contribution in [0.4, 0.5) is 13.2 Å². The zero-order valence-corrected chi connectivity index (χ0v) is 18.4. The molecule has 0 aromatic heterocycles. The quantitative estimate of drug-likeness (QED) is 0.493. The van der Waals surface area contributed by atoms with Gasteiger partial charge in [-0.25, -0.2) is 0 Å². The molecule has 0 aliphatic heterocycles. The molecule has 0 spiro atoms. The molecule has 0 bridgehead atoms. The Balaban J connectivity index is 1.88. The fourth-order valence-electron chi connectivity index (χ4n) is 3.46. The van der Waals surface area contributed by atoms with Crippen molar-refractivity contribution >= 4 is 8.32 Å². The molecular weight excluding hydrogens is 369 g/mol. The highest BCUT2D eigenvalue weighted by atomic mass is 28.4. The number of benzene rings is 1. The number of hydrogen-bond acceptors (Lipinski definition) is 2. The number of rotatable bonds is 5. The number of ether oxygens (including phenoxy) is 1. The van der Waals surface area contributed by atoms with Gasteiger partial charge in [-0.3, -0.25) is 0 Å². The molecule has 2 rings (SSSR count). The Labute approximate surface area is 162 Å². The van der Waals surface area contributed by atoms with Crippen LogP contribution in [0.1, 0.15) is 57.6 Å². The van der Waals surface area contributed by atoms with Gasteiger partial charge in [0.2, 0.25) is 0 Å². The summed E-state index contributed by atoms with van der Waals surface area (Å²) < 4.78 is 47.8. The van der Waals surface area contributed by atoms with E-state index < -0.39 is 14.7 Å². The van der Waals surface area contributed by atoms with E-state index in [-0.39, 0.29) is 10.8 Å². The van der Waals surface area contributed by atoms with Gasteiger partial charge in [0.05, 0.1) is 0 Å². The first kappa shape index (κ1) is 22.3. The molecule has 2 nitrogen and oxygen atoms in total. The second-order valence-corrected chi connectivity index (χ2v) is 14.1. The summed E-state index contributed by atoms with van der Waals surface area (Å²) in [5.74, 6) is 0.454. The summed E-state index contributed by atoms with van der Waals surface area (Å²) in [6, 6.07) is 5.01. The van der Waals surface area contributed by atoms with Gasteiger partial charge in [0, 0.05) is 6.10 Å². The molecule has 6 heteroatoms. The summed E-state index contributed by atoms with van der Waals surface area (Å²) in [5.41, 5.74) is 1.61. The highest BCUT2D eigenvalue weighted by Crippen LogP contribution is 2.40. The molecule has 1 aromatic carbocycles. The molecule has 27 heavy (non-hydrogen) atoms. The molecule has 154 valence electrons. The van der Waals surface area contributed by atoms with Gasteiger partial charge in [0.25, 0.3) is 0 Å². The normalized spacial score (nSPS) is 22.0. The predicted molar refractivity (Wildman–Crippen MR) is 106 cm³/mol. The summed E-state index contributed by atoms with van der Waals surface area (Å²) in [5, 5.41) is 0.224. The Bertz CT molecular complexity index is 627. The number of alkyl halides is 3. The Kier molecular flexibility index (Phi) is 6.73. The van der Waals surface area contributed by atoms with E-state index >= 15 is 0 Å². The lowest BCUT2D eigenvalue weighted by atomic mass is 9.83. The van der Waals surface area contributed by atoms with E-state index in [1.807, 2.05) is 6.07 Å². The maximum atomic E-state index is 12.4. The molecule has 0 atom stereocenters. The second-order valence-electron chi connectivity index (χ2n) is 9.37. The first-order chi connectivity index (χ1) is 12.3. The van der Waals surface area contributed by atoms with Crippen LogP contribution in [0, 0.1) is 12.8 Å². The summed E-state index contributed by atoms with van der Waals surface area (Å²) in [4.78, 5) is 0. The van der Waals surface area contributed by atoms with Crippen molar-refractivity contribution in [2.24, 2.45) is 5.92 Å². The maximum Gasteiger partial charge on any atom is 0.573 e. The Morgan fingerprint density at radius 1 is 1.04 bits per heavy atom. The van der Waals surface area contributed by atoms with Crippen molar-refractivity contribution in [1.29, 1.82) is 0 Å². The minimum absolute atomic E-state index is 0.113. The first-order valence-electron chi connectivity index (χ1n) is 9.80. The van der Waals surface area contributed by atoms with Gasteiger partial charge < -0.3 is 9.16 Å². The molecule has 0 amide bonds.